The minimum Gasteiger partial charge on any atom is -0.343 e. The molecule has 0 aromatic carbocycles. The number of nitrogens with one attached hydrogen (secondary N) is 3. The monoisotopic (exact) mass is 1430 g/mol. The Morgan fingerprint density at radius 3 is 1.78 bits per heavy atom. The maximum absolute atomic E-state index is 16.1. The van der Waals surface area contributed by atoms with Crippen LogP contribution in [0.25, 0.3) is 0 Å². The number of amides is 11. The van der Waals surface area contributed by atoms with E-state index in [1.807, 2.05) is 20.8 Å². The minimum absolute atomic E-state index is 0.00106. The van der Waals surface area contributed by atoms with Crippen LogP contribution in [0.5, 0.6) is 0 Å². The van der Waals surface area contributed by atoms with Gasteiger partial charge in [-0.05, 0) is 133 Å². The largest absolute Gasteiger partial charge is 0.397 e. The van der Waals surface area contributed by atoms with Crippen molar-refractivity contribution in [3.63, 3.8) is 0 Å². The van der Waals surface area contributed by atoms with Crippen molar-refractivity contribution in [2.75, 3.05) is 61.4 Å². The summed E-state index contributed by atoms with van der Waals surface area (Å²) in [5, 5.41) is 8.13. The molecule has 100 heavy (non-hydrogen) atoms. The number of rotatable bonds is 11. The van der Waals surface area contributed by atoms with Gasteiger partial charge in [0.15, 0.2) is 0 Å². The van der Waals surface area contributed by atoms with E-state index in [4.69, 9.17) is 0 Å². The van der Waals surface area contributed by atoms with Gasteiger partial charge in [0.1, 0.15) is 72.1 Å². The van der Waals surface area contributed by atoms with E-state index in [9.17, 15) is 41.9 Å². The van der Waals surface area contributed by atoms with E-state index < -0.39 is 218 Å². The topological polar surface area (TPSA) is 250 Å². The average Bonchev–Trinajstić information content (AvgIpc) is 1.23. The molecule has 566 valence electrons. The predicted octanol–water partition coefficient (Wildman–Crippen LogP) is 7.19. The van der Waals surface area contributed by atoms with E-state index in [0.717, 1.165) is 37.0 Å². The van der Waals surface area contributed by atoms with E-state index in [0.29, 0.717) is 49.3 Å². The lowest BCUT2D eigenvalue weighted by atomic mass is 9.74. The zero-order valence-corrected chi connectivity index (χ0v) is 61.0. The van der Waals surface area contributed by atoms with Gasteiger partial charge in [-0.3, -0.25) is 52.7 Å². The molecular weight excluding hydrogens is 1320 g/mol. The Labute approximate surface area is 585 Å². The number of nitrogens with zero attached hydrogens (tertiary/aromatic N) is 8. The van der Waals surface area contributed by atoms with Crippen molar-refractivity contribution in [1.82, 2.24) is 55.1 Å². The highest BCUT2D eigenvalue weighted by atomic mass is 19.4. The average molecular weight is 1430 g/mol. The SMILES string of the molecule is CC[C@H](C)[C@@H]1NC(=O)[C@H](CC(C)C)N(C)C(=O)C[C@@H](C)N(C)C(=O)[C@H](C2CCCCC2)N(C)C(=O)C2(CCC2)NC(=O)[C@@H]2CC(F)(F)CN2C(=O)[C@H](CCC2CC(F)C(C(F)(F)F)C(F)C2)NC(=O)CN(C)C(=O)[C@H](CC2CCC(C)CC2)N(CC)C(=O)[C@@H]2CCN2C(=O)[C@H](C)N(C)C1=O. The van der Waals surface area contributed by atoms with E-state index in [-0.39, 0.29) is 63.5 Å². The highest BCUT2D eigenvalue weighted by Gasteiger charge is 2.58. The number of halogens is 7. The van der Waals surface area contributed by atoms with Crippen molar-refractivity contribution < 1.29 is 83.5 Å². The van der Waals surface area contributed by atoms with Crippen LogP contribution in [-0.2, 0) is 52.7 Å². The molecular formula is C71H112F7N11O11. The molecule has 7 rings (SSSR count). The molecule has 11 amide bonds. The molecule has 1 spiro atoms. The summed E-state index contributed by atoms with van der Waals surface area (Å²) in [7, 11) is 7.08. The number of hydrogen-bond donors (Lipinski definition) is 3. The summed E-state index contributed by atoms with van der Waals surface area (Å²) in [6, 6.07) is -11.7. The maximum atomic E-state index is 16.1. The van der Waals surface area contributed by atoms with Crippen molar-refractivity contribution in [3.05, 3.63) is 0 Å². The first-order chi connectivity index (χ1) is 46.8. The molecule has 3 N–H and O–H groups in total. The highest BCUT2D eigenvalue weighted by Crippen LogP contribution is 2.45. The summed E-state index contributed by atoms with van der Waals surface area (Å²) >= 11 is 0. The number of fused-ring (bicyclic) bond motifs is 2. The minimum atomic E-state index is -5.22. The molecule has 4 saturated carbocycles. The van der Waals surface area contributed by atoms with Gasteiger partial charge < -0.3 is 55.1 Å². The Hall–Kier alpha value is -6.32. The number of hydrogen-bond acceptors (Lipinski definition) is 11. The summed E-state index contributed by atoms with van der Waals surface area (Å²) in [6.07, 6.45) is -6.97. The first-order valence-corrected chi connectivity index (χ1v) is 36.6. The molecule has 3 aliphatic heterocycles. The van der Waals surface area contributed by atoms with E-state index in [2.05, 4.69) is 22.9 Å². The number of likely N-dealkylation sites (N-methyl/N-ethyl adjacent to an activating group) is 6. The number of carbonyl (C=O) groups excluding carboxylic acids is 11. The van der Waals surface area contributed by atoms with Crippen LogP contribution in [0.4, 0.5) is 30.7 Å². The van der Waals surface area contributed by atoms with E-state index in [1.165, 1.54) is 71.6 Å². The number of carbonyl (C=O) groups is 11. The molecule has 7 aliphatic rings. The fourth-order valence-corrected chi connectivity index (χ4v) is 16.3. The molecule has 0 radical (unpaired) electrons. The van der Waals surface area contributed by atoms with Crippen LogP contribution in [0.1, 0.15) is 197 Å². The van der Waals surface area contributed by atoms with Crippen LogP contribution < -0.4 is 16.0 Å². The molecule has 2 unspecified atom stereocenters. The van der Waals surface area contributed by atoms with Crippen molar-refractivity contribution in [3.8, 4) is 0 Å². The fourth-order valence-electron chi connectivity index (χ4n) is 16.3. The van der Waals surface area contributed by atoms with Crippen LogP contribution in [0.2, 0.25) is 0 Å². The van der Waals surface area contributed by atoms with Crippen LogP contribution in [0.15, 0.2) is 0 Å². The second kappa shape index (κ2) is 33.9. The molecule has 7 fully saturated rings. The third-order valence-corrected chi connectivity index (χ3v) is 23.4. The molecule has 0 aromatic rings. The first kappa shape index (κ1) is 81.0. The van der Waals surface area contributed by atoms with Gasteiger partial charge in [0, 0.05) is 67.2 Å². The van der Waals surface area contributed by atoms with Crippen molar-refractivity contribution in [2.45, 2.75) is 281 Å². The van der Waals surface area contributed by atoms with Crippen LogP contribution in [0, 0.1) is 41.4 Å². The summed E-state index contributed by atoms with van der Waals surface area (Å²) < 4.78 is 104. The Morgan fingerprint density at radius 1 is 0.620 bits per heavy atom. The van der Waals surface area contributed by atoms with Gasteiger partial charge in [-0.2, -0.15) is 13.2 Å². The lowest BCUT2D eigenvalue weighted by molar-refractivity contribution is -0.219. The van der Waals surface area contributed by atoms with Crippen molar-refractivity contribution in [1.29, 1.82) is 0 Å². The normalized spacial score (nSPS) is 33.6. The smallest absolute Gasteiger partial charge is 0.343 e. The van der Waals surface area contributed by atoms with Gasteiger partial charge in [-0.1, -0.05) is 86.0 Å². The quantitative estimate of drug-likeness (QED) is 0.175. The Morgan fingerprint density at radius 2 is 1.24 bits per heavy atom. The number of alkyl halides is 7. The Kier molecular flexibility index (Phi) is 27.4. The molecule has 12 atom stereocenters. The second-order valence-corrected chi connectivity index (χ2v) is 31.0. The lowest BCUT2D eigenvalue weighted by Gasteiger charge is -2.47. The summed E-state index contributed by atoms with van der Waals surface area (Å²) in [5.74, 6) is -16.9. The van der Waals surface area contributed by atoms with Crippen molar-refractivity contribution in [2.24, 2.45) is 41.4 Å². The molecule has 22 nitrogen and oxygen atoms in total. The lowest BCUT2D eigenvalue weighted by Crippen LogP contribution is -2.68. The molecule has 0 aromatic heterocycles. The first-order valence-electron chi connectivity index (χ1n) is 36.6. The van der Waals surface area contributed by atoms with Gasteiger partial charge in [-0.15, -0.1) is 0 Å². The Balaban J connectivity index is 1.28. The summed E-state index contributed by atoms with van der Waals surface area (Å²) in [6.45, 7) is 12.1. The zero-order chi connectivity index (χ0) is 74.4. The molecule has 29 heteroatoms. The summed E-state index contributed by atoms with van der Waals surface area (Å²) in [4.78, 5) is 173. The fraction of sp³-hybridized carbons (Fsp3) is 0.845. The van der Waals surface area contributed by atoms with Crippen molar-refractivity contribution >= 4 is 65.0 Å². The molecule has 0 bridgehead atoms. The van der Waals surface area contributed by atoms with E-state index in [1.54, 1.807) is 20.8 Å². The summed E-state index contributed by atoms with van der Waals surface area (Å²) in [5.41, 5.74) is -1.77. The molecule has 4 aliphatic carbocycles. The maximum Gasteiger partial charge on any atom is 0.397 e. The standard InChI is InChI=1S/C71H112F7N11O11/c1-14-42(6)58-66(98)84(11)44(8)62(94)88-31-28-51(88)65(97)87(15-2)53(36-45-24-22-41(5)23-25-45)64(96)82(9)38-55(90)79-50(27-26-46-34-48(72)57(49(73)35-46)71(76,77)78)63(95)89-39-70(74,75)37-54(89)61(93)81-69(29-19-30-69)68(100)86(13)59(47-20-17-16-18-21-47)67(99)83(10)43(7)33-56(91)85(12)52(32-40(3)4)60(92)80-58/h40-54,57-59H,14-39H2,1-13H3,(H,79,90)(H,80,92)(H,81,93)/t41?,42-,43+,44-,45?,46?,48?,49?,50-,51-,52-,53-,54-,57?,58-,59-/m0/s1. The van der Waals surface area contributed by atoms with Gasteiger partial charge in [-0.25, -0.2) is 17.6 Å². The zero-order valence-electron chi connectivity index (χ0n) is 61.0. The van der Waals surface area contributed by atoms with Gasteiger partial charge >= 0.3 is 6.18 Å². The molecule has 3 heterocycles. The second-order valence-electron chi connectivity index (χ2n) is 31.0. The van der Waals surface area contributed by atoms with Gasteiger partial charge in [0.2, 0.25) is 65.0 Å². The van der Waals surface area contributed by atoms with Gasteiger partial charge in [0.05, 0.1) is 13.1 Å². The van der Waals surface area contributed by atoms with Crippen LogP contribution >= 0.6 is 0 Å². The van der Waals surface area contributed by atoms with Gasteiger partial charge in [0.25, 0.3) is 5.92 Å². The van der Waals surface area contributed by atoms with Crippen LogP contribution in [-0.4, -0.2) is 250 Å². The third-order valence-electron chi connectivity index (χ3n) is 23.4. The Bertz CT molecular complexity index is 2940. The van der Waals surface area contributed by atoms with E-state index >= 15 is 41.5 Å². The molecule has 3 saturated heterocycles. The third kappa shape index (κ3) is 18.7. The highest BCUT2D eigenvalue weighted by molar-refractivity contribution is 6.00. The predicted molar refractivity (Wildman–Crippen MR) is 357 cm³/mol. The van der Waals surface area contributed by atoms with Crippen LogP contribution in [0.3, 0.4) is 0 Å².